The summed E-state index contributed by atoms with van der Waals surface area (Å²) in [5.74, 6) is 0.822. The first kappa shape index (κ1) is 15.1. The molecular formula is C19H13NO5. The summed E-state index contributed by atoms with van der Waals surface area (Å²) in [6, 6.07) is 11.2. The first-order valence-electron chi connectivity index (χ1n) is 7.66. The van der Waals surface area contributed by atoms with E-state index in [0.717, 1.165) is 27.7 Å². The summed E-state index contributed by atoms with van der Waals surface area (Å²) < 4.78 is 11.2. The predicted molar refractivity (Wildman–Crippen MR) is 93.8 cm³/mol. The van der Waals surface area contributed by atoms with Crippen LogP contribution in [-0.4, -0.2) is 4.92 Å². The normalized spacial score (nSPS) is 11.3. The minimum Gasteiger partial charge on any atom is -0.461 e. The standard InChI is InChI=1S/C19H13NO5/c1-10-11(2)24-18-8-13-7-16(19(21)25-17(13)9-15(10)18)12-3-5-14(6-4-12)20(22)23/h3-9H,1-2H3. The van der Waals surface area contributed by atoms with Crippen molar-refractivity contribution >= 4 is 27.6 Å². The number of fused-ring (bicyclic) bond motifs is 2. The summed E-state index contributed by atoms with van der Waals surface area (Å²) in [6.45, 7) is 3.84. The van der Waals surface area contributed by atoms with Crippen LogP contribution in [0.3, 0.4) is 0 Å². The number of nitro benzene ring substituents is 1. The van der Waals surface area contributed by atoms with Crippen molar-refractivity contribution in [3.05, 3.63) is 74.3 Å². The van der Waals surface area contributed by atoms with Crippen molar-refractivity contribution in [3.8, 4) is 11.1 Å². The highest BCUT2D eigenvalue weighted by Gasteiger charge is 2.13. The van der Waals surface area contributed by atoms with Gasteiger partial charge in [0, 0.05) is 22.9 Å². The molecular weight excluding hydrogens is 322 g/mol. The third kappa shape index (κ3) is 2.39. The molecule has 0 N–H and O–H groups in total. The molecule has 2 aromatic carbocycles. The van der Waals surface area contributed by atoms with Gasteiger partial charge in [-0.05, 0) is 55.3 Å². The maximum absolute atomic E-state index is 12.4. The smallest absolute Gasteiger partial charge is 0.344 e. The molecule has 2 heterocycles. The second-order valence-corrected chi connectivity index (χ2v) is 5.92. The zero-order chi connectivity index (χ0) is 17.7. The summed E-state index contributed by atoms with van der Waals surface area (Å²) in [4.78, 5) is 22.6. The minimum atomic E-state index is -0.487. The Kier molecular flexibility index (Phi) is 3.21. The van der Waals surface area contributed by atoms with Crippen molar-refractivity contribution in [2.75, 3.05) is 0 Å². The number of hydrogen-bond donors (Lipinski definition) is 0. The lowest BCUT2D eigenvalue weighted by molar-refractivity contribution is -0.384. The van der Waals surface area contributed by atoms with Crippen molar-refractivity contribution in [1.82, 2.24) is 0 Å². The van der Waals surface area contributed by atoms with Crippen molar-refractivity contribution in [2.24, 2.45) is 0 Å². The molecule has 6 nitrogen and oxygen atoms in total. The van der Waals surface area contributed by atoms with Crippen molar-refractivity contribution in [2.45, 2.75) is 13.8 Å². The number of rotatable bonds is 2. The zero-order valence-electron chi connectivity index (χ0n) is 13.5. The highest BCUT2D eigenvalue weighted by molar-refractivity contribution is 5.96. The van der Waals surface area contributed by atoms with E-state index in [9.17, 15) is 14.9 Å². The molecule has 0 aliphatic carbocycles. The molecule has 0 bridgehead atoms. The highest BCUT2D eigenvalue weighted by Crippen LogP contribution is 2.30. The SMILES string of the molecule is Cc1oc2cc3cc(-c4ccc([N+](=O)[O-])cc4)c(=O)oc3cc2c1C. The Bertz CT molecular complexity index is 1200. The van der Waals surface area contributed by atoms with Gasteiger partial charge in [-0.3, -0.25) is 10.1 Å². The average molecular weight is 335 g/mol. The number of nitro groups is 1. The van der Waals surface area contributed by atoms with Gasteiger partial charge < -0.3 is 8.83 Å². The van der Waals surface area contributed by atoms with E-state index in [1.54, 1.807) is 12.1 Å². The Morgan fingerprint density at radius 3 is 2.36 bits per heavy atom. The molecule has 0 saturated carbocycles. The molecule has 2 aromatic heterocycles. The minimum absolute atomic E-state index is 0.0304. The van der Waals surface area contributed by atoms with E-state index in [0.29, 0.717) is 16.7 Å². The van der Waals surface area contributed by atoms with Crippen LogP contribution in [0.2, 0.25) is 0 Å². The maximum atomic E-state index is 12.4. The van der Waals surface area contributed by atoms with Crippen LogP contribution in [0.4, 0.5) is 5.69 Å². The quantitative estimate of drug-likeness (QED) is 0.300. The second kappa shape index (κ2) is 5.31. The fraction of sp³-hybridized carbons (Fsp3) is 0.105. The van der Waals surface area contributed by atoms with E-state index in [2.05, 4.69) is 0 Å². The summed E-state index contributed by atoms with van der Waals surface area (Å²) in [5, 5.41) is 12.4. The topological polar surface area (TPSA) is 86.5 Å². The van der Waals surface area contributed by atoms with E-state index in [4.69, 9.17) is 8.83 Å². The molecule has 4 rings (SSSR count). The second-order valence-electron chi connectivity index (χ2n) is 5.92. The Morgan fingerprint density at radius 2 is 1.68 bits per heavy atom. The van der Waals surface area contributed by atoms with Gasteiger partial charge in [0.15, 0.2) is 0 Å². The predicted octanol–water partition coefficient (Wildman–Crippen LogP) is 4.73. The lowest BCUT2D eigenvalue weighted by Crippen LogP contribution is -2.02. The number of furan rings is 1. The van der Waals surface area contributed by atoms with Gasteiger partial charge in [-0.25, -0.2) is 4.79 Å². The maximum Gasteiger partial charge on any atom is 0.344 e. The van der Waals surface area contributed by atoms with E-state index in [1.165, 1.54) is 24.3 Å². The van der Waals surface area contributed by atoms with E-state index >= 15 is 0 Å². The summed E-state index contributed by atoms with van der Waals surface area (Å²) in [7, 11) is 0. The Labute approximate surface area is 141 Å². The van der Waals surface area contributed by atoms with Crippen LogP contribution in [-0.2, 0) is 0 Å². The summed E-state index contributed by atoms with van der Waals surface area (Å²) >= 11 is 0. The van der Waals surface area contributed by atoms with Crippen LogP contribution in [0.25, 0.3) is 33.1 Å². The first-order valence-corrected chi connectivity index (χ1v) is 7.66. The van der Waals surface area contributed by atoms with Crippen LogP contribution in [0.15, 0.2) is 56.1 Å². The van der Waals surface area contributed by atoms with Crippen molar-refractivity contribution < 1.29 is 13.8 Å². The van der Waals surface area contributed by atoms with Gasteiger partial charge in [0.2, 0.25) is 0 Å². The molecule has 4 aromatic rings. The number of hydrogen-bond acceptors (Lipinski definition) is 5. The van der Waals surface area contributed by atoms with Crippen LogP contribution in [0.1, 0.15) is 11.3 Å². The number of benzene rings is 2. The molecule has 0 radical (unpaired) electrons. The molecule has 6 heteroatoms. The molecule has 0 saturated heterocycles. The van der Waals surface area contributed by atoms with Gasteiger partial charge in [-0.2, -0.15) is 0 Å². The average Bonchev–Trinajstić information content (AvgIpc) is 2.86. The largest absolute Gasteiger partial charge is 0.461 e. The van der Waals surface area contributed by atoms with Gasteiger partial charge in [-0.15, -0.1) is 0 Å². The van der Waals surface area contributed by atoms with Crippen LogP contribution in [0, 0.1) is 24.0 Å². The van der Waals surface area contributed by atoms with Gasteiger partial charge in [0.25, 0.3) is 5.69 Å². The molecule has 0 fully saturated rings. The number of aryl methyl sites for hydroxylation is 2. The van der Waals surface area contributed by atoms with Crippen LogP contribution < -0.4 is 5.63 Å². The Hall–Kier alpha value is -3.41. The number of nitrogens with zero attached hydrogens (tertiary/aromatic N) is 1. The third-order valence-electron chi connectivity index (χ3n) is 4.42. The van der Waals surface area contributed by atoms with Crippen LogP contribution >= 0.6 is 0 Å². The fourth-order valence-electron chi connectivity index (χ4n) is 2.92. The molecule has 124 valence electrons. The Morgan fingerprint density at radius 1 is 0.960 bits per heavy atom. The lowest BCUT2D eigenvalue weighted by Gasteiger charge is -2.03. The lowest BCUT2D eigenvalue weighted by atomic mass is 10.0. The van der Waals surface area contributed by atoms with Crippen molar-refractivity contribution in [3.63, 3.8) is 0 Å². The molecule has 0 atom stereocenters. The molecule has 0 unspecified atom stereocenters. The van der Waals surface area contributed by atoms with Gasteiger partial charge in [0.1, 0.15) is 16.9 Å². The van der Waals surface area contributed by atoms with E-state index in [-0.39, 0.29) is 5.69 Å². The van der Waals surface area contributed by atoms with Crippen molar-refractivity contribution in [1.29, 1.82) is 0 Å². The molecule has 25 heavy (non-hydrogen) atoms. The van der Waals surface area contributed by atoms with Crippen LogP contribution in [0.5, 0.6) is 0 Å². The van der Waals surface area contributed by atoms with Gasteiger partial charge >= 0.3 is 5.63 Å². The monoisotopic (exact) mass is 335 g/mol. The summed E-state index contributed by atoms with van der Waals surface area (Å²) in [6.07, 6.45) is 0. The molecule has 0 aliphatic rings. The van der Waals surface area contributed by atoms with E-state index in [1.807, 2.05) is 19.9 Å². The first-order chi connectivity index (χ1) is 11.9. The van der Waals surface area contributed by atoms with Gasteiger partial charge in [0.05, 0.1) is 10.5 Å². The Balaban J connectivity index is 1.92. The molecule has 0 aliphatic heterocycles. The van der Waals surface area contributed by atoms with Gasteiger partial charge in [-0.1, -0.05) is 0 Å². The molecule has 0 amide bonds. The van der Waals surface area contributed by atoms with E-state index < -0.39 is 10.5 Å². The molecule has 0 spiro atoms. The zero-order valence-corrected chi connectivity index (χ0v) is 13.5. The highest BCUT2D eigenvalue weighted by atomic mass is 16.6. The summed E-state index contributed by atoms with van der Waals surface area (Å²) in [5.41, 5.74) is 2.61. The fourth-order valence-corrected chi connectivity index (χ4v) is 2.92. The number of non-ortho nitro benzene ring substituents is 1. The third-order valence-corrected chi connectivity index (χ3v) is 4.42.